The molecule has 0 aliphatic carbocycles. The van der Waals surface area contributed by atoms with Crippen molar-refractivity contribution in [2.75, 3.05) is 26.0 Å². The van der Waals surface area contributed by atoms with Crippen LogP contribution >= 0.6 is 15.9 Å². The number of hydrogen-bond acceptors (Lipinski definition) is 4. The zero-order valence-corrected chi connectivity index (χ0v) is 12.4. The van der Waals surface area contributed by atoms with Gasteiger partial charge in [-0.1, -0.05) is 12.1 Å². The number of hydrogen-bond donors (Lipinski definition) is 3. The molecule has 0 fully saturated rings. The van der Waals surface area contributed by atoms with E-state index in [2.05, 4.69) is 26.2 Å². The molecular weight excluding hydrogens is 326 g/mol. The molecular formula is C13H14BrN3O3. The number of carbonyl (C=O) groups excluding carboxylic acids is 1. The van der Waals surface area contributed by atoms with Crippen LogP contribution in [0.25, 0.3) is 10.9 Å². The van der Waals surface area contributed by atoms with Crippen LogP contribution in [0.3, 0.4) is 0 Å². The van der Waals surface area contributed by atoms with Crippen molar-refractivity contribution in [2.45, 2.75) is 0 Å². The topological polar surface area (TPSA) is 97.2 Å². The second kappa shape index (κ2) is 6.06. The van der Waals surface area contributed by atoms with Gasteiger partial charge in [-0.3, -0.25) is 9.59 Å². The lowest BCUT2D eigenvalue weighted by Crippen LogP contribution is -2.33. The van der Waals surface area contributed by atoms with Crippen LogP contribution in [-0.4, -0.2) is 31.2 Å². The third-order valence-corrected chi connectivity index (χ3v) is 3.52. The van der Waals surface area contributed by atoms with Crippen molar-refractivity contribution in [1.29, 1.82) is 0 Å². The summed E-state index contributed by atoms with van der Waals surface area (Å²) in [6, 6.07) is 5.32. The summed E-state index contributed by atoms with van der Waals surface area (Å²) in [5.41, 5.74) is 6.11. The molecule has 4 N–H and O–H groups in total. The fourth-order valence-corrected chi connectivity index (χ4v) is 2.35. The molecule has 2 rings (SSSR count). The number of amides is 1. The van der Waals surface area contributed by atoms with Crippen molar-refractivity contribution < 1.29 is 9.53 Å². The smallest absolute Gasteiger partial charge is 0.263 e. The second-order valence-corrected chi connectivity index (χ2v) is 5.01. The van der Waals surface area contributed by atoms with Gasteiger partial charge < -0.3 is 20.8 Å². The highest BCUT2D eigenvalue weighted by molar-refractivity contribution is 9.10. The van der Waals surface area contributed by atoms with Gasteiger partial charge in [0.15, 0.2) is 0 Å². The SMILES string of the molecule is COCCNC(=O)c1c(N)c2cccc(Br)c2[nH]c1=O. The molecule has 6 nitrogen and oxygen atoms in total. The highest BCUT2D eigenvalue weighted by Gasteiger charge is 2.17. The molecule has 0 aliphatic rings. The van der Waals surface area contributed by atoms with Crippen LogP contribution in [0.15, 0.2) is 27.5 Å². The molecule has 0 spiro atoms. The minimum atomic E-state index is -0.517. The standard InChI is InChI=1S/C13H14BrN3O3/c1-20-6-5-16-12(18)9-10(15)7-3-2-4-8(14)11(7)17-13(9)19/h2-4H,5-6H2,1H3,(H,16,18)(H3,15,17,19). The Kier molecular flexibility index (Phi) is 4.41. The largest absolute Gasteiger partial charge is 0.397 e. The van der Waals surface area contributed by atoms with E-state index in [-0.39, 0.29) is 11.3 Å². The second-order valence-electron chi connectivity index (χ2n) is 4.15. The van der Waals surface area contributed by atoms with E-state index in [1.165, 1.54) is 7.11 Å². The van der Waals surface area contributed by atoms with Crippen LogP contribution in [-0.2, 0) is 4.74 Å². The average Bonchev–Trinajstić information content (AvgIpc) is 2.40. The summed E-state index contributed by atoms with van der Waals surface area (Å²) in [6.45, 7) is 0.674. The summed E-state index contributed by atoms with van der Waals surface area (Å²) in [5.74, 6) is -0.511. The lowest BCUT2D eigenvalue weighted by Gasteiger charge is -2.09. The fraction of sp³-hybridized carbons (Fsp3) is 0.231. The Bertz CT molecular complexity index is 712. The molecule has 1 aromatic heterocycles. The van der Waals surface area contributed by atoms with Crippen molar-refractivity contribution >= 4 is 38.4 Å². The highest BCUT2D eigenvalue weighted by Crippen LogP contribution is 2.26. The summed E-state index contributed by atoms with van der Waals surface area (Å²) < 4.78 is 5.55. The van der Waals surface area contributed by atoms with Crippen LogP contribution in [0.4, 0.5) is 5.69 Å². The van der Waals surface area contributed by atoms with Crippen molar-refractivity contribution in [3.05, 3.63) is 38.6 Å². The Balaban J connectivity index is 2.49. The summed E-state index contributed by atoms with van der Waals surface area (Å²) in [6.07, 6.45) is 0. The Morgan fingerprint density at radius 3 is 2.95 bits per heavy atom. The number of nitrogen functional groups attached to an aromatic ring is 1. The van der Waals surface area contributed by atoms with Crippen molar-refractivity contribution in [2.24, 2.45) is 0 Å². The van der Waals surface area contributed by atoms with E-state index in [9.17, 15) is 9.59 Å². The zero-order valence-electron chi connectivity index (χ0n) is 10.8. The minimum absolute atomic E-state index is 0.0771. The number of para-hydroxylation sites is 1. The Labute approximate surface area is 123 Å². The molecule has 0 bridgehead atoms. The molecule has 0 radical (unpaired) electrons. The van der Waals surface area contributed by atoms with Crippen molar-refractivity contribution in [1.82, 2.24) is 10.3 Å². The number of aromatic amines is 1. The van der Waals surface area contributed by atoms with E-state index in [4.69, 9.17) is 10.5 Å². The number of methoxy groups -OCH3 is 1. The zero-order chi connectivity index (χ0) is 14.7. The van der Waals surface area contributed by atoms with Crippen molar-refractivity contribution in [3.8, 4) is 0 Å². The first kappa shape index (κ1) is 14.5. The number of ether oxygens (including phenoxy) is 1. The number of benzene rings is 1. The van der Waals surface area contributed by atoms with E-state index >= 15 is 0 Å². The lowest BCUT2D eigenvalue weighted by molar-refractivity contribution is 0.0936. The van der Waals surface area contributed by atoms with Crippen LogP contribution in [0.2, 0.25) is 0 Å². The number of carbonyl (C=O) groups is 1. The number of nitrogens with one attached hydrogen (secondary N) is 2. The fourth-order valence-electron chi connectivity index (χ4n) is 1.89. The number of halogens is 1. The van der Waals surface area contributed by atoms with Crippen molar-refractivity contribution in [3.63, 3.8) is 0 Å². The first-order chi connectivity index (χ1) is 9.56. The Morgan fingerprint density at radius 2 is 2.25 bits per heavy atom. The van der Waals surface area contributed by atoms with Gasteiger partial charge in [0.05, 0.1) is 17.8 Å². The van der Waals surface area contributed by atoms with Gasteiger partial charge in [-0.25, -0.2) is 0 Å². The summed E-state index contributed by atoms with van der Waals surface area (Å²) in [5, 5.41) is 3.21. The van der Waals surface area contributed by atoms with E-state index in [1.54, 1.807) is 18.2 Å². The predicted octanol–water partition coefficient (Wildman–Crippen LogP) is 1.25. The molecule has 1 amide bonds. The number of pyridine rings is 1. The number of rotatable bonds is 4. The van der Waals surface area contributed by atoms with Crippen LogP contribution in [0.1, 0.15) is 10.4 Å². The molecule has 2 aromatic rings. The third-order valence-electron chi connectivity index (χ3n) is 2.86. The normalized spacial score (nSPS) is 10.7. The molecule has 7 heteroatoms. The highest BCUT2D eigenvalue weighted by atomic mass is 79.9. The number of anilines is 1. The molecule has 0 atom stereocenters. The van der Waals surface area contributed by atoms with Crippen LogP contribution in [0.5, 0.6) is 0 Å². The molecule has 0 saturated heterocycles. The number of nitrogens with two attached hydrogens (primary N) is 1. The Hall–Kier alpha value is -1.86. The molecule has 1 heterocycles. The first-order valence-electron chi connectivity index (χ1n) is 5.93. The quantitative estimate of drug-likeness (QED) is 0.730. The summed E-state index contributed by atoms with van der Waals surface area (Å²) >= 11 is 3.34. The number of H-pyrrole nitrogens is 1. The van der Waals surface area contributed by atoms with E-state index in [0.29, 0.717) is 28.5 Å². The molecule has 0 saturated carbocycles. The summed E-state index contributed by atoms with van der Waals surface area (Å²) in [4.78, 5) is 26.7. The first-order valence-corrected chi connectivity index (χ1v) is 6.72. The van der Waals surface area contributed by atoms with Gasteiger partial charge in [-0.05, 0) is 22.0 Å². The molecule has 20 heavy (non-hydrogen) atoms. The van der Waals surface area contributed by atoms with Gasteiger partial charge in [0.2, 0.25) is 0 Å². The maximum Gasteiger partial charge on any atom is 0.263 e. The predicted molar refractivity (Wildman–Crippen MR) is 80.9 cm³/mol. The Morgan fingerprint density at radius 1 is 1.50 bits per heavy atom. The van der Waals surface area contributed by atoms with Gasteiger partial charge in [0.25, 0.3) is 11.5 Å². The molecule has 106 valence electrons. The van der Waals surface area contributed by atoms with Crippen LogP contribution in [0, 0.1) is 0 Å². The number of aromatic nitrogens is 1. The number of fused-ring (bicyclic) bond motifs is 1. The van der Waals surface area contributed by atoms with E-state index in [0.717, 1.165) is 0 Å². The van der Waals surface area contributed by atoms with E-state index < -0.39 is 11.5 Å². The molecule has 0 unspecified atom stereocenters. The van der Waals surface area contributed by atoms with Gasteiger partial charge in [-0.2, -0.15) is 0 Å². The third kappa shape index (κ3) is 2.68. The minimum Gasteiger partial charge on any atom is -0.397 e. The molecule has 1 aromatic carbocycles. The lowest BCUT2D eigenvalue weighted by atomic mass is 10.1. The maximum atomic E-state index is 12.0. The monoisotopic (exact) mass is 339 g/mol. The van der Waals surface area contributed by atoms with Crippen LogP contribution < -0.4 is 16.6 Å². The van der Waals surface area contributed by atoms with Gasteiger partial charge in [0.1, 0.15) is 5.56 Å². The maximum absolute atomic E-state index is 12.0. The summed E-state index contributed by atoms with van der Waals surface area (Å²) in [7, 11) is 1.53. The van der Waals surface area contributed by atoms with Gasteiger partial charge in [0, 0.05) is 23.5 Å². The average molecular weight is 340 g/mol. The van der Waals surface area contributed by atoms with E-state index in [1.807, 2.05) is 0 Å². The van der Waals surface area contributed by atoms with Gasteiger partial charge in [-0.15, -0.1) is 0 Å². The van der Waals surface area contributed by atoms with Gasteiger partial charge >= 0.3 is 0 Å². The molecule has 0 aliphatic heterocycles.